The molecule has 0 atom stereocenters. The zero-order valence-corrected chi connectivity index (χ0v) is 12.3. The van der Waals surface area contributed by atoms with Crippen molar-refractivity contribution in [2.24, 2.45) is 0 Å². The molecule has 0 aliphatic rings. The van der Waals surface area contributed by atoms with E-state index in [-0.39, 0.29) is 5.56 Å². The fourth-order valence-corrected chi connectivity index (χ4v) is 2.79. The lowest BCUT2D eigenvalue weighted by Gasteiger charge is -2.10. The summed E-state index contributed by atoms with van der Waals surface area (Å²) in [7, 11) is 0. The fraction of sp³-hybridized carbons (Fsp3) is 0.0667. The highest BCUT2D eigenvalue weighted by Gasteiger charge is 2.11. The lowest BCUT2D eigenvalue weighted by molar-refractivity contribution is 0.957. The van der Waals surface area contributed by atoms with Gasteiger partial charge in [-0.15, -0.1) is 0 Å². The summed E-state index contributed by atoms with van der Waals surface area (Å²) in [5, 5.41) is 5.07. The van der Waals surface area contributed by atoms with Crippen molar-refractivity contribution < 1.29 is 0 Å². The van der Waals surface area contributed by atoms with Crippen LogP contribution in [-0.4, -0.2) is 24.1 Å². The Hall–Kier alpha value is -2.73. The molecule has 3 heterocycles. The Kier molecular flexibility index (Phi) is 2.74. The lowest BCUT2D eigenvalue weighted by atomic mass is 10.2. The van der Waals surface area contributed by atoms with Crippen molar-refractivity contribution >= 4 is 28.3 Å². The Balaban J connectivity index is 2.06. The van der Waals surface area contributed by atoms with E-state index in [1.165, 1.54) is 21.6 Å². The van der Waals surface area contributed by atoms with Crippen LogP contribution in [0.25, 0.3) is 22.4 Å². The van der Waals surface area contributed by atoms with E-state index in [1.54, 1.807) is 12.3 Å². The molecule has 3 aromatic heterocycles. The standard InChI is InChI=1S/C15H10ClN5O/c1-9-2-3-13(11(16)6-9)20-5-4-12-10(14(20)22)7-17-15-18-8-19-21(12)15/h2-8H,1H3. The summed E-state index contributed by atoms with van der Waals surface area (Å²) in [6.07, 6.45) is 4.60. The summed E-state index contributed by atoms with van der Waals surface area (Å²) in [5.74, 6) is 0.456. The van der Waals surface area contributed by atoms with Crippen LogP contribution in [0.15, 0.2) is 47.8 Å². The van der Waals surface area contributed by atoms with Gasteiger partial charge in [0.15, 0.2) is 0 Å². The van der Waals surface area contributed by atoms with E-state index in [2.05, 4.69) is 15.1 Å². The molecule has 6 nitrogen and oxygen atoms in total. The maximum absolute atomic E-state index is 12.7. The molecule has 0 radical (unpaired) electrons. The van der Waals surface area contributed by atoms with Crippen LogP contribution in [0, 0.1) is 6.92 Å². The van der Waals surface area contributed by atoms with Crippen LogP contribution in [0.5, 0.6) is 0 Å². The SMILES string of the molecule is Cc1ccc(-n2ccc3c(cnc4ncnn43)c2=O)c(Cl)c1. The molecule has 0 N–H and O–H groups in total. The zero-order chi connectivity index (χ0) is 15.3. The number of hydrogen-bond donors (Lipinski definition) is 0. The van der Waals surface area contributed by atoms with E-state index >= 15 is 0 Å². The van der Waals surface area contributed by atoms with Crippen molar-refractivity contribution in [1.82, 2.24) is 24.1 Å². The van der Waals surface area contributed by atoms with E-state index in [1.807, 2.05) is 25.1 Å². The Morgan fingerprint density at radius 2 is 2.05 bits per heavy atom. The molecule has 0 saturated heterocycles. The molecule has 0 saturated carbocycles. The fourth-order valence-electron chi connectivity index (χ4n) is 2.46. The monoisotopic (exact) mass is 311 g/mol. The summed E-state index contributed by atoms with van der Waals surface area (Å²) in [6.45, 7) is 1.95. The highest BCUT2D eigenvalue weighted by Crippen LogP contribution is 2.21. The number of nitrogens with zero attached hydrogens (tertiary/aromatic N) is 5. The van der Waals surface area contributed by atoms with Crippen LogP contribution in [-0.2, 0) is 0 Å². The molecule has 0 unspecified atom stereocenters. The van der Waals surface area contributed by atoms with E-state index in [0.717, 1.165) is 5.56 Å². The van der Waals surface area contributed by atoms with Crippen LogP contribution in [0.2, 0.25) is 5.02 Å². The molecule has 0 amide bonds. The van der Waals surface area contributed by atoms with Crippen LogP contribution in [0.4, 0.5) is 0 Å². The van der Waals surface area contributed by atoms with Gasteiger partial charge in [-0.1, -0.05) is 17.7 Å². The summed E-state index contributed by atoms with van der Waals surface area (Å²) in [4.78, 5) is 20.9. The summed E-state index contributed by atoms with van der Waals surface area (Å²) in [5.41, 5.74) is 2.13. The van der Waals surface area contributed by atoms with Gasteiger partial charge in [0, 0.05) is 12.4 Å². The average Bonchev–Trinajstić information content (AvgIpc) is 2.97. The second-order valence-corrected chi connectivity index (χ2v) is 5.38. The number of halogens is 1. The van der Waals surface area contributed by atoms with E-state index in [0.29, 0.717) is 27.4 Å². The van der Waals surface area contributed by atoms with Crippen molar-refractivity contribution in [2.75, 3.05) is 0 Å². The van der Waals surface area contributed by atoms with Gasteiger partial charge in [-0.25, -0.2) is 4.98 Å². The van der Waals surface area contributed by atoms with Crippen molar-refractivity contribution in [3.05, 3.63) is 63.9 Å². The third kappa shape index (κ3) is 1.81. The van der Waals surface area contributed by atoms with Crippen molar-refractivity contribution in [2.45, 2.75) is 6.92 Å². The Labute approximate surface area is 129 Å². The Morgan fingerprint density at radius 3 is 2.86 bits per heavy atom. The highest BCUT2D eigenvalue weighted by molar-refractivity contribution is 6.32. The van der Waals surface area contributed by atoms with Crippen LogP contribution >= 0.6 is 11.6 Å². The zero-order valence-electron chi connectivity index (χ0n) is 11.6. The second kappa shape index (κ2) is 4.64. The first-order valence-corrected chi connectivity index (χ1v) is 6.99. The largest absolute Gasteiger partial charge is 0.282 e. The maximum Gasteiger partial charge on any atom is 0.266 e. The minimum Gasteiger partial charge on any atom is -0.282 e. The topological polar surface area (TPSA) is 65.1 Å². The van der Waals surface area contributed by atoms with E-state index < -0.39 is 0 Å². The minimum atomic E-state index is -0.201. The third-order valence-electron chi connectivity index (χ3n) is 3.54. The molecule has 1 aromatic carbocycles. The van der Waals surface area contributed by atoms with Gasteiger partial charge in [-0.3, -0.25) is 9.36 Å². The Morgan fingerprint density at radius 1 is 1.18 bits per heavy atom. The van der Waals surface area contributed by atoms with Crippen LogP contribution in [0.1, 0.15) is 5.56 Å². The second-order valence-electron chi connectivity index (χ2n) is 4.97. The van der Waals surface area contributed by atoms with Crippen molar-refractivity contribution in [3.63, 3.8) is 0 Å². The molecule has 108 valence electrons. The highest BCUT2D eigenvalue weighted by atomic mass is 35.5. The number of aromatic nitrogens is 5. The lowest BCUT2D eigenvalue weighted by Crippen LogP contribution is -2.19. The molecule has 0 fully saturated rings. The first-order chi connectivity index (χ1) is 10.6. The summed E-state index contributed by atoms with van der Waals surface area (Å²) < 4.78 is 3.05. The smallest absolute Gasteiger partial charge is 0.266 e. The van der Waals surface area contributed by atoms with Gasteiger partial charge in [0.25, 0.3) is 11.3 Å². The summed E-state index contributed by atoms with van der Waals surface area (Å²) in [6, 6.07) is 7.37. The molecule has 0 bridgehead atoms. The molecule has 4 aromatic rings. The van der Waals surface area contributed by atoms with Crippen molar-refractivity contribution in [1.29, 1.82) is 0 Å². The average molecular weight is 312 g/mol. The first kappa shape index (κ1) is 13.0. The minimum absolute atomic E-state index is 0.201. The van der Waals surface area contributed by atoms with Gasteiger partial charge in [-0.2, -0.15) is 14.6 Å². The summed E-state index contributed by atoms with van der Waals surface area (Å²) >= 11 is 6.26. The third-order valence-corrected chi connectivity index (χ3v) is 3.84. The molecule has 4 rings (SSSR count). The molecule has 0 aliphatic carbocycles. The first-order valence-electron chi connectivity index (χ1n) is 6.62. The van der Waals surface area contributed by atoms with E-state index in [9.17, 15) is 4.79 Å². The number of benzene rings is 1. The molecule has 0 spiro atoms. The molecule has 22 heavy (non-hydrogen) atoms. The maximum atomic E-state index is 12.7. The van der Waals surface area contributed by atoms with Gasteiger partial charge in [0.2, 0.25) is 0 Å². The van der Waals surface area contributed by atoms with Crippen molar-refractivity contribution in [3.8, 4) is 5.69 Å². The van der Waals surface area contributed by atoms with Gasteiger partial charge in [0.05, 0.1) is 21.6 Å². The normalized spacial score (nSPS) is 11.4. The molecule has 7 heteroatoms. The predicted molar refractivity (Wildman–Crippen MR) is 83.6 cm³/mol. The molecular weight excluding hydrogens is 302 g/mol. The Bertz CT molecular complexity index is 1080. The van der Waals surface area contributed by atoms with E-state index in [4.69, 9.17) is 11.6 Å². The quantitative estimate of drug-likeness (QED) is 0.541. The predicted octanol–water partition coefficient (Wildman–Crippen LogP) is 2.39. The number of hydrogen-bond acceptors (Lipinski definition) is 4. The van der Waals surface area contributed by atoms with Gasteiger partial charge < -0.3 is 0 Å². The molecule has 0 aliphatic heterocycles. The van der Waals surface area contributed by atoms with Crippen LogP contribution < -0.4 is 5.56 Å². The van der Waals surface area contributed by atoms with Crippen LogP contribution in [0.3, 0.4) is 0 Å². The molecular formula is C15H10ClN5O. The number of rotatable bonds is 1. The van der Waals surface area contributed by atoms with Gasteiger partial charge >= 0.3 is 0 Å². The van der Waals surface area contributed by atoms with Gasteiger partial charge in [-0.05, 0) is 30.7 Å². The number of aryl methyl sites for hydroxylation is 1. The van der Waals surface area contributed by atoms with Gasteiger partial charge in [0.1, 0.15) is 6.33 Å². The number of fused-ring (bicyclic) bond motifs is 3. The number of pyridine rings is 1.